The van der Waals surface area contributed by atoms with Crippen LogP contribution < -0.4 is 10.2 Å². The first-order valence-corrected chi connectivity index (χ1v) is 22.7. The zero-order chi connectivity index (χ0) is 41.8. The monoisotopic (exact) mass is 827 g/mol. The number of hydrogen-bond donors (Lipinski definition) is 1. The topological polar surface area (TPSA) is 205 Å². The SMILES string of the molecule is CCCCCCCCCCCCCCCC(=O)O[C@H](COC(=O)CCCCCCCCCNc1ccc([N+](=O)[O-])c2nonc12)COP(=O)([O-])OCC[N+](C)(C)C. The number of ether oxygens (including phenoxy) is 2. The molecule has 0 fully saturated rings. The van der Waals surface area contributed by atoms with Crippen molar-refractivity contribution in [2.45, 2.75) is 154 Å². The third-order valence-corrected chi connectivity index (χ3v) is 10.6. The maximum atomic E-state index is 12.7. The van der Waals surface area contributed by atoms with E-state index in [1.54, 1.807) is 6.07 Å². The number of benzene rings is 1. The number of rotatable bonds is 36. The van der Waals surface area contributed by atoms with Crippen LogP contribution in [0.25, 0.3) is 11.0 Å². The van der Waals surface area contributed by atoms with Crippen LogP contribution in [-0.4, -0.2) is 91.8 Å². The van der Waals surface area contributed by atoms with E-state index in [0.717, 1.165) is 57.8 Å². The summed E-state index contributed by atoms with van der Waals surface area (Å²) in [7, 11) is 1.06. The molecule has 57 heavy (non-hydrogen) atoms. The minimum atomic E-state index is -4.66. The molecule has 326 valence electrons. The van der Waals surface area contributed by atoms with Gasteiger partial charge >= 0.3 is 17.6 Å². The predicted octanol–water partition coefficient (Wildman–Crippen LogP) is 8.81. The summed E-state index contributed by atoms with van der Waals surface area (Å²) in [4.78, 5) is 48.2. The number of anilines is 1. The molecule has 2 aromatic rings. The maximum Gasteiger partial charge on any atom is 0.306 e. The van der Waals surface area contributed by atoms with Crippen molar-refractivity contribution in [3.63, 3.8) is 0 Å². The number of carbonyl (C=O) groups is 2. The molecule has 0 aliphatic carbocycles. The van der Waals surface area contributed by atoms with E-state index in [-0.39, 0.29) is 37.3 Å². The Morgan fingerprint density at radius 2 is 1.30 bits per heavy atom. The van der Waals surface area contributed by atoms with Crippen LogP contribution in [0.5, 0.6) is 0 Å². The molecule has 1 heterocycles. The third-order valence-electron chi connectivity index (χ3n) is 9.61. The highest BCUT2D eigenvalue weighted by atomic mass is 31.2. The molecule has 1 aromatic heterocycles. The molecule has 17 heteroatoms. The molecule has 16 nitrogen and oxygen atoms in total. The summed E-state index contributed by atoms with van der Waals surface area (Å²) < 4.78 is 38.5. The summed E-state index contributed by atoms with van der Waals surface area (Å²) in [5.41, 5.74) is 0.929. The second-order valence-electron chi connectivity index (χ2n) is 15.9. The van der Waals surface area contributed by atoms with Crippen molar-refractivity contribution in [1.29, 1.82) is 0 Å². The smallest absolute Gasteiger partial charge is 0.306 e. The predicted molar refractivity (Wildman–Crippen MR) is 217 cm³/mol. The van der Waals surface area contributed by atoms with E-state index < -0.39 is 37.4 Å². The number of non-ortho nitro benzene ring substituents is 1. The number of quaternary nitrogens is 1. The van der Waals surface area contributed by atoms with E-state index in [4.69, 9.17) is 23.2 Å². The van der Waals surface area contributed by atoms with Crippen LogP contribution in [0, 0.1) is 10.1 Å². The van der Waals surface area contributed by atoms with Crippen LogP contribution in [0.4, 0.5) is 11.4 Å². The minimum Gasteiger partial charge on any atom is -0.756 e. The average molecular weight is 828 g/mol. The van der Waals surface area contributed by atoms with Gasteiger partial charge < -0.3 is 33.2 Å². The molecule has 0 aliphatic rings. The zero-order valence-electron chi connectivity index (χ0n) is 35.1. The highest BCUT2D eigenvalue weighted by molar-refractivity contribution is 7.45. The second kappa shape index (κ2) is 29.1. The number of phosphoric acid groups is 1. The van der Waals surface area contributed by atoms with Crippen LogP contribution in [0.2, 0.25) is 0 Å². The van der Waals surface area contributed by atoms with E-state index in [1.165, 1.54) is 63.9 Å². The molecule has 0 saturated carbocycles. The Kier molecular flexibility index (Phi) is 25.5. The molecule has 2 rings (SSSR count). The number of nitro benzene ring substituents is 1. The van der Waals surface area contributed by atoms with Crippen LogP contribution >= 0.6 is 7.82 Å². The largest absolute Gasteiger partial charge is 0.756 e. The number of unbranched alkanes of at least 4 members (excludes halogenated alkanes) is 18. The third kappa shape index (κ3) is 24.4. The molecule has 0 spiro atoms. The summed E-state index contributed by atoms with van der Waals surface area (Å²) in [5.74, 6) is -0.938. The highest BCUT2D eigenvalue weighted by Gasteiger charge is 2.22. The Hall–Kier alpha value is -3.17. The normalized spacial score (nSPS) is 13.4. The number of phosphoric ester groups is 1. The van der Waals surface area contributed by atoms with Gasteiger partial charge in [0.05, 0.1) is 38.4 Å². The fourth-order valence-corrected chi connectivity index (χ4v) is 6.92. The van der Waals surface area contributed by atoms with Crippen LogP contribution in [0.1, 0.15) is 148 Å². The van der Waals surface area contributed by atoms with Crippen molar-refractivity contribution in [2.75, 3.05) is 59.4 Å². The van der Waals surface area contributed by atoms with Crippen molar-refractivity contribution < 1.29 is 51.6 Å². The van der Waals surface area contributed by atoms with Crippen molar-refractivity contribution in [1.82, 2.24) is 10.3 Å². The average Bonchev–Trinajstić information content (AvgIpc) is 3.65. The Balaban J connectivity index is 1.63. The van der Waals surface area contributed by atoms with Gasteiger partial charge in [0.15, 0.2) is 11.6 Å². The lowest BCUT2D eigenvalue weighted by molar-refractivity contribution is -0.870. The number of carbonyl (C=O) groups excluding carboxylic acids is 2. The molecular weight excluding hydrogens is 757 g/mol. The van der Waals surface area contributed by atoms with Gasteiger partial charge in [-0.3, -0.25) is 24.3 Å². The van der Waals surface area contributed by atoms with Gasteiger partial charge in [-0.15, -0.1) is 0 Å². The van der Waals surface area contributed by atoms with Crippen LogP contribution in [0.15, 0.2) is 16.8 Å². The number of fused-ring (bicyclic) bond motifs is 1. The molecule has 1 aromatic carbocycles. The first-order valence-electron chi connectivity index (χ1n) is 21.2. The van der Waals surface area contributed by atoms with Gasteiger partial charge in [0.25, 0.3) is 7.82 Å². The molecule has 2 atom stereocenters. The molecule has 0 aliphatic heterocycles. The van der Waals surface area contributed by atoms with Crippen molar-refractivity contribution >= 4 is 42.2 Å². The fraction of sp³-hybridized carbons (Fsp3) is 0.800. The van der Waals surface area contributed by atoms with E-state index in [1.807, 2.05) is 21.1 Å². The number of hydrogen-bond acceptors (Lipinski definition) is 14. The number of nitrogens with zero attached hydrogens (tertiary/aromatic N) is 4. The summed E-state index contributed by atoms with van der Waals surface area (Å²) in [6.07, 6.45) is 21.1. The van der Waals surface area contributed by atoms with Crippen molar-refractivity contribution in [3.8, 4) is 0 Å². The van der Waals surface area contributed by atoms with E-state index >= 15 is 0 Å². The molecule has 0 amide bonds. The van der Waals surface area contributed by atoms with E-state index in [9.17, 15) is 29.2 Å². The summed E-state index contributed by atoms with van der Waals surface area (Å²) >= 11 is 0. The Labute approximate surface area is 339 Å². The Bertz CT molecular complexity index is 1470. The lowest BCUT2D eigenvalue weighted by atomic mass is 10.0. The number of aromatic nitrogens is 2. The standard InChI is InChI=1S/C40H70N5O11P/c1-5-6-7-8-9-10-11-12-13-14-16-20-23-26-38(47)55-34(33-54-57(50,51)53-31-30-45(2,3)4)32-52-37(46)25-22-19-17-15-18-21-24-29-41-35-27-28-36(44(48)49)40-39(35)42-56-43-40/h27-28,34H,5-26,29-33H2,1-4H3,(H-,41,43,50,51)/t34-/m1/s1. The lowest BCUT2D eigenvalue weighted by Gasteiger charge is -2.28. The van der Waals surface area contributed by atoms with Crippen LogP contribution in [-0.2, 0) is 32.7 Å². The molecule has 0 radical (unpaired) electrons. The molecular formula is C40H70N5O11P. The summed E-state index contributed by atoms with van der Waals surface area (Å²) in [6.45, 7) is 2.47. The number of esters is 2. The highest BCUT2D eigenvalue weighted by Crippen LogP contribution is 2.38. The minimum absolute atomic E-state index is 0.0596. The number of nitrogens with one attached hydrogen (secondary N) is 1. The molecule has 1 N–H and O–H groups in total. The van der Waals surface area contributed by atoms with Gasteiger partial charge in [-0.1, -0.05) is 116 Å². The fourth-order valence-electron chi connectivity index (χ4n) is 6.19. The summed E-state index contributed by atoms with van der Waals surface area (Å²) in [5, 5.41) is 21.8. The number of nitro groups is 1. The van der Waals surface area contributed by atoms with Gasteiger partial charge in [0, 0.05) is 25.5 Å². The quantitative estimate of drug-likeness (QED) is 0.0170. The van der Waals surface area contributed by atoms with Gasteiger partial charge in [0.2, 0.25) is 5.52 Å². The Morgan fingerprint density at radius 3 is 1.86 bits per heavy atom. The molecule has 1 unspecified atom stereocenters. The van der Waals surface area contributed by atoms with Gasteiger partial charge in [-0.2, -0.15) is 0 Å². The van der Waals surface area contributed by atoms with Crippen molar-refractivity contribution in [3.05, 3.63) is 22.2 Å². The molecule has 0 saturated heterocycles. The van der Waals surface area contributed by atoms with Gasteiger partial charge in [0.1, 0.15) is 19.8 Å². The molecule has 0 bridgehead atoms. The number of likely N-dealkylation sites (N-methyl/N-ethyl adjacent to an activating group) is 1. The first kappa shape index (κ1) is 50.0. The van der Waals surface area contributed by atoms with Crippen LogP contribution in [0.3, 0.4) is 0 Å². The Morgan fingerprint density at radius 1 is 0.772 bits per heavy atom. The summed E-state index contributed by atoms with van der Waals surface area (Å²) in [6, 6.07) is 2.99. The zero-order valence-corrected chi connectivity index (χ0v) is 35.9. The second-order valence-corrected chi connectivity index (χ2v) is 17.3. The van der Waals surface area contributed by atoms with Gasteiger partial charge in [-0.25, -0.2) is 4.63 Å². The van der Waals surface area contributed by atoms with Gasteiger partial charge in [-0.05, 0) is 35.6 Å². The van der Waals surface area contributed by atoms with E-state index in [0.29, 0.717) is 41.6 Å². The lowest BCUT2D eigenvalue weighted by Crippen LogP contribution is -2.37. The first-order chi connectivity index (χ1) is 27.3. The maximum absolute atomic E-state index is 12.7. The van der Waals surface area contributed by atoms with E-state index in [2.05, 4.69) is 22.6 Å². The van der Waals surface area contributed by atoms with Crippen molar-refractivity contribution in [2.24, 2.45) is 0 Å².